The van der Waals surface area contributed by atoms with Gasteiger partial charge in [-0.1, -0.05) is 6.07 Å². The summed E-state index contributed by atoms with van der Waals surface area (Å²) in [6.45, 7) is 2.00. The Kier molecular flexibility index (Phi) is 5.44. The number of fused-ring (bicyclic) bond motifs is 2. The maximum absolute atomic E-state index is 14.3. The molecule has 2 heterocycles. The van der Waals surface area contributed by atoms with Gasteiger partial charge in [0.05, 0.1) is 6.61 Å². The fourth-order valence-corrected chi connectivity index (χ4v) is 3.79. The molecule has 2 aliphatic heterocycles. The molecule has 140 valence electrons. The highest BCUT2D eigenvalue weighted by Crippen LogP contribution is 2.37. The van der Waals surface area contributed by atoms with Crippen molar-refractivity contribution in [3.63, 3.8) is 0 Å². The van der Waals surface area contributed by atoms with Gasteiger partial charge in [-0.25, -0.2) is 14.0 Å². The van der Waals surface area contributed by atoms with E-state index < -0.39 is 17.9 Å². The Labute approximate surface area is 151 Å². The molecule has 26 heavy (non-hydrogen) atoms. The van der Waals surface area contributed by atoms with E-state index in [2.05, 4.69) is 0 Å². The van der Waals surface area contributed by atoms with Crippen molar-refractivity contribution in [2.75, 3.05) is 6.61 Å². The highest BCUT2D eigenvalue weighted by Gasteiger charge is 2.44. The van der Waals surface area contributed by atoms with Crippen LogP contribution in [0.15, 0.2) is 24.3 Å². The van der Waals surface area contributed by atoms with Crippen LogP contribution >= 0.6 is 0 Å². The molecule has 3 rings (SSSR count). The van der Waals surface area contributed by atoms with Gasteiger partial charge in [0.1, 0.15) is 6.10 Å². The average molecular weight is 363 g/mol. The van der Waals surface area contributed by atoms with E-state index >= 15 is 0 Å². The lowest BCUT2D eigenvalue weighted by Gasteiger charge is -2.37. The predicted octanol–water partition coefficient (Wildman–Crippen LogP) is 3.45. The first kappa shape index (κ1) is 18.2. The summed E-state index contributed by atoms with van der Waals surface area (Å²) in [4.78, 5) is 24.1. The van der Waals surface area contributed by atoms with Crippen LogP contribution in [-0.2, 0) is 9.53 Å². The molecule has 1 unspecified atom stereocenters. The Hall–Kier alpha value is -2.57. The lowest BCUT2D eigenvalue weighted by molar-refractivity contribution is -0.137. The minimum atomic E-state index is -0.889. The smallest absolute Gasteiger partial charge is 0.407 e. The zero-order valence-corrected chi connectivity index (χ0v) is 14.6. The molecule has 3 atom stereocenters. The molecule has 0 saturated carbocycles. The maximum Gasteiger partial charge on any atom is 0.407 e. The minimum Gasteiger partial charge on any atom is -0.487 e. The number of benzene rings is 1. The summed E-state index contributed by atoms with van der Waals surface area (Å²) < 4.78 is 24.9. The van der Waals surface area contributed by atoms with Gasteiger partial charge in [-0.3, -0.25) is 0 Å². The Balaban J connectivity index is 1.63. The van der Waals surface area contributed by atoms with Gasteiger partial charge in [-0.2, -0.15) is 0 Å². The third kappa shape index (κ3) is 3.98. The van der Waals surface area contributed by atoms with Gasteiger partial charge in [0.2, 0.25) is 0 Å². The van der Waals surface area contributed by atoms with Crippen LogP contribution in [-0.4, -0.2) is 46.9 Å². The van der Waals surface area contributed by atoms with E-state index in [0.29, 0.717) is 18.4 Å². The second kappa shape index (κ2) is 7.76. The molecule has 0 spiro atoms. The molecule has 0 aliphatic carbocycles. The highest BCUT2D eigenvalue weighted by atomic mass is 19.1. The first-order valence-electron chi connectivity index (χ1n) is 8.80. The summed E-state index contributed by atoms with van der Waals surface area (Å²) in [5, 5.41) is 9.28. The van der Waals surface area contributed by atoms with Crippen molar-refractivity contribution >= 4 is 18.1 Å². The van der Waals surface area contributed by atoms with Crippen molar-refractivity contribution in [2.24, 2.45) is 0 Å². The summed E-state index contributed by atoms with van der Waals surface area (Å²) in [5.41, 5.74) is 0.531. The van der Waals surface area contributed by atoms with Gasteiger partial charge in [0.15, 0.2) is 11.6 Å². The van der Waals surface area contributed by atoms with E-state index in [1.807, 2.05) is 0 Å². The summed E-state index contributed by atoms with van der Waals surface area (Å²) in [6.07, 6.45) is 4.46. The van der Waals surface area contributed by atoms with E-state index in [1.54, 1.807) is 13.0 Å². The van der Waals surface area contributed by atoms with Crippen LogP contribution < -0.4 is 4.74 Å². The van der Waals surface area contributed by atoms with Crippen LogP contribution in [0, 0.1) is 5.82 Å². The third-order valence-corrected chi connectivity index (χ3v) is 4.86. The lowest BCUT2D eigenvalue weighted by Crippen LogP contribution is -2.48. The predicted molar refractivity (Wildman–Crippen MR) is 92.4 cm³/mol. The number of carboxylic acid groups (broad SMARTS) is 1. The third-order valence-electron chi connectivity index (χ3n) is 4.86. The van der Waals surface area contributed by atoms with Crippen molar-refractivity contribution in [1.29, 1.82) is 0 Å². The number of rotatable bonds is 5. The Bertz CT molecular complexity index is 706. The zero-order valence-electron chi connectivity index (χ0n) is 14.6. The van der Waals surface area contributed by atoms with Crippen LogP contribution in [0.25, 0.3) is 6.08 Å². The Morgan fingerprint density at radius 3 is 2.58 bits per heavy atom. The molecule has 1 aromatic rings. The molecular formula is C19H22FNO5. The van der Waals surface area contributed by atoms with E-state index in [1.165, 1.54) is 29.2 Å². The molecule has 1 N–H and O–H groups in total. The normalized spacial score (nSPS) is 24.7. The number of esters is 1. The van der Waals surface area contributed by atoms with Crippen molar-refractivity contribution < 1.29 is 28.6 Å². The van der Waals surface area contributed by atoms with E-state index in [-0.39, 0.29) is 30.5 Å². The first-order chi connectivity index (χ1) is 12.5. The van der Waals surface area contributed by atoms with Gasteiger partial charge < -0.3 is 19.5 Å². The van der Waals surface area contributed by atoms with Crippen LogP contribution in [0.5, 0.6) is 5.75 Å². The van der Waals surface area contributed by atoms with Crippen LogP contribution in [0.1, 0.15) is 38.2 Å². The SMILES string of the molecule is CCOC(=O)/C=C/c1ccc(OC2C[C@H]3CC[C@@H](C2)N3C(=O)O)c(F)c1. The van der Waals surface area contributed by atoms with Gasteiger partial charge in [0.25, 0.3) is 0 Å². The Morgan fingerprint density at radius 1 is 1.31 bits per heavy atom. The minimum absolute atomic E-state index is 0.0499. The number of hydrogen-bond donors (Lipinski definition) is 1. The number of carbonyl (C=O) groups excluding carboxylic acids is 1. The lowest BCUT2D eigenvalue weighted by atomic mass is 10.00. The second-order valence-electron chi connectivity index (χ2n) is 6.56. The number of halogens is 1. The van der Waals surface area contributed by atoms with Crippen LogP contribution in [0.2, 0.25) is 0 Å². The van der Waals surface area contributed by atoms with E-state index in [4.69, 9.17) is 9.47 Å². The summed E-state index contributed by atoms with van der Waals surface area (Å²) >= 11 is 0. The molecule has 0 radical (unpaired) electrons. The van der Waals surface area contributed by atoms with E-state index in [9.17, 15) is 19.1 Å². The molecule has 2 aliphatic rings. The summed E-state index contributed by atoms with van der Waals surface area (Å²) in [5.74, 6) is -0.843. The quantitative estimate of drug-likeness (QED) is 0.640. The summed E-state index contributed by atoms with van der Waals surface area (Å²) in [7, 11) is 0. The van der Waals surface area contributed by atoms with Crippen molar-refractivity contribution in [1.82, 2.24) is 4.90 Å². The number of piperidine rings is 1. The molecule has 1 amide bonds. The standard InChI is InChI=1S/C19H22FNO5/c1-2-25-18(22)8-4-12-3-7-17(16(20)9-12)26-15-10-13-5-6-14(11-15)21(13)19(23)24/h3-4,7-9,13-15H,2,5-6,10-11H2,1H3,(H,23,24)/b8-4+/t13-,14+,15?. The number of hydrogen-bond acceptors (Lipinski definition) is 4. The maximum atomic E-state index is 14.3. The summed E-state index contributed by atoms with van der Waals surface area (Å²) in [6, 6.07) is 4.39. The number of nitrogens with zero attached hydrogens (tertiary/aromatic N) is 1. The molecule has 1 aromatic carbocycles. The van der Waals surface area contributed by atoms with Gasteiger partial charge in [-0.05, 0) is 43.5 Å². The van der Waals surface area contributed by atoms with Crippen LogP contribution in [0.3, 0.4) is 0 Å². The second-order valence-corrected chi connectivity index (χ2v) is 6.56. The number of carbonyl (C=O) groups is 2. The largest absolute Gasteiger partial charge is 0.487 e. The van der Waals surface area contributed by atoms with Gasteiger partial charge in [0, 0.05) is 31.0 Å². The van der Waals surface area contributed by atoms with Gasteiger partial charge >= 0.3 is 12.1 Å². The first-order valence-corrected chi connectivity index (χ1v) is 8.80. The Morgan fingerprint density at radius 2 is 2.00 bits per heavy atom. The van der Waals surface area contributed by atoms with E-state index in [0.717, 1.165) is 12.8 Å². The van der Waals surface area contributed by atoms with Crippen LogP contribution in [0.4, 0.5) is 9.18 Å². The molecule has 7 heteroatoms. The molecule has 2 fully saturated rings. The monoisotopic (exact) mass is 363 g/mol. The molecular weight excluding hydrogens is 341 g/mol. The topological polar surface area (TPSA) is 76.1 Å². The molecule has 0 aromatic heterocycles. The average Bonchev–Trinajstić information content (AvgIpc) is 2.87. The van der Waals surface area contributed by atoms with Gasteiger partial charge in [-0.15, -0.1) is 0 Å². The fourth-order valence-electron chi connectivity index (χ4n) is 3.79. The fraction of sp³-hybridized carbons (Fsp3) is 0.474. The van der Waals surface area contributed by atoms with Crippen molar-refractivity contribution in [2.45, 2.75) is 50.8 Å². The number of ether oxygens (including phenoxy) is 2. The highest BCUT2D eigenvalue weighted by molar-refractivity contribution is 5.87. The van der Waals surface area contributed by atoms with Crippen molar-refractivity contribution in [3.8, 4) is 5.75 Å². The molecule has 2 saturated heterocycles. The molecule has 6 nitrogen and oxygen atoms in total. The number of amides is 1. The molecule has 2 bridgehead atoms. The zero-order chi connectivity index (χ0) is 18.7. The van der Waals surface area contributed by atoms with Crippen molar-refractivity contribution in [3.05, 3.63) is 35.7 Å².